The van der Waals surface area contributed by atoms with Crippen LogP contribution in [0.5, 0.6) is 0 Å². The number of hydrogen-bond acceptors (Lipinski definition) is 2. The molecule has 0 bridgehead atoms. The average molecular weight is 290 g/mol. The molecule has 84 valence electrons. The Kier molecular flexibility index (Phi) is 2.33. The van der Waals surface area contributed by atoms with Crippen LogP contribution < -0.4 is 5.56 Å². The molecule has 0 spiro atoms. The SMILES string of the molecule is O=c1ccc(-c2c[nH]c3ncc(Br)cc23)c[nH]1. The van der Waals surface area contributed by atoms with Gasteiger partial charge in [-0.1, -0.05) is 0 Å². The van der Waals surface area contributed by atoms with Crippen molar-refractivity contribution in [2.45, 2.75) is 0 Å². The zero-order valence-electron chi connectivity index (χ0n) is 8.70. The number of nitrogens with one attached hydrogen (secondary N) is 2. The van der Waals surface area contributed by atoms with Crippen LogP contribution in [0.4, 0.5) is 0 Å². The maximum Gasteiger partial charge on any atom is 0.247 e. The van der Waals surface area contributed by atoms with Crippen LogP contribution in [-0.2, 0) is 0 Å². The number of fused-ring (bicyclic) bond motifs is 1. The van der Waals surface area contributed by atoms with Crippen LogP contribution in [0.2, 0.25) is 0 Å². The summed E-state index contributed by atoms with van der Waals surface area (Å²) in [5.74, 6) is 0. The molecule has 0 aliphatic carbocycles. The molecule has 5 heteroatoms. The van der Waals surface area contributed by atoms with Crippen molar-refractivity contribution >= 4 is 27.0 Å². The Morgan fingerprint density at radius 3 is 2.82 bits per heavy atom. The third-order valence-electron chi connectivity index (χ3n) is 2.59. The van der Waals surface area contributed by atoms with Gasteiger partial charge >= 0.3 is 0 Å². The predicted octanol–water partition coefficient (Wildman–Crippen LogP) is 2.68. The Balaban J connectivity index is 2.26. The highest BCUT2D eigenvalue weighted by atomic mass is 79.9. The second kappa shape index (κ2) is 3.85. The lowest BCUT2D eigenvalue weighted by molar-refractivity contribution is 1.24. The summed E-state index contributed by atoms with van der Waals surface area (Å²) in [5.41, 5.74) is 2.70. The van der Waals surface area contributed by atoms with Gasteiger partial charge in [0.1, 0.15) is 5.65 Å². The van der Waals surface area contributed by atoms with Gasteiger partial charge in [0.05, 0.1) is 0 Å². The third kappa shape index (κ3) is 1.78. The molecule has 0 amide bonds. The summed E-state index contributed by atoms with van der Waals surface area (Å²) in [5, 5.41) is 1.02. The van der Waals surface area contributed by atoms with Gasteiger partial charge in [-0.25, -0.2) is 4.98 Å². The van der Waals surface area contributed by atoms with Gasteiger partial charge in [0.15, 0.2) is 0 Å². The van der Waals surface area contributed by atoms with Gasteiger partial charge in [0.2, 0.25) is 5.56 Å². The summed E-state index contributed by atoms with van der Waals surface area (Å²) in [6.07, 6.45) is 5.33. The van der Waals surface area contributed by atoms with E-state index in [1.54, 1.807) is 18.5 Å². The number of hydrogen-bond donors (Lipinski definition) is 2. The fourth-order valence-corrected chi connectivity index (χ4v) is 2.13. The summed E-state index contributed by atoms with van der Waals surface area (Å²) in [6, 6.07) is 5.31. The molecule has 0 fully saturated rings. The van der Waals surface area contributed by atoms with Crippen molar-refractivity contribution < 1.29 is 0 Å². The van der Waals surface area contributed by atoms with Crippen LogP contribution in [0.25, 0.3) is 22.2 Å². The Hall–Kier alpha value is -1.88. The van der Waals surface area contributed by atoms with Crippen LogP contribution in [0, 0.1) is 0 Å². The van der Waals surface area contributed by atoms with Crippen molar-refractivity contribution in [1.82, 2.24) is 15.0 Å². The molecule has 0 saturated carbocycles. The number of aromatic amines is 2. The molecule has 0 aromatic carbocycles. The first-order valence-electron chi connectivity index (χ1n) is 5.06. The molecule has 0 unspecified atom stereocenters. The van der Waals surface area contributed by atoms with Gasteiger partial charge in [-0.05, 0) is 28.1 Å². The zero-order chi connectivity index (χ0) is 11.8. The van der Waals surface area contributed by atoms with E-state index >= 15 is 0 Å². The predicted molar refractivity (Wildman–Crippen MR) is 69.9 cm³/mol. The number of pyridine rings is 2. The molecule has 0 saturated heterocycles. The lowest BCUT2D eigenvalue weighted by Crippen LogP contribution is -2.01. The molecular weight excluding hydrogens is 282 g/mol. The second-order valence-corrected chi connectivity index (χ2v) is 4.61. The van der Waals surface area contributed by atoms with E-state index in [0.717, 1.165) is 26.6 Å². The van der Waals surface area contributed by atoms with Gasteiger partial charge in [0, 0.05) is 45.6 Å². The van der Waals surface area contributed by atoms with E-state index in [9.17, 15) is 4.79 Å². The average Bonchev–Trinajstić information content (AvgIpc) is 2.73. The smallest absolute Gasteiger partial charge is 0.247 e. The van der Waals surface area contributed by atoms with Crippen LogP contribution in [-0.4, -0.2) is 15.0 Å². The molecule has 0 aliphatic heterocycles. The molecule has 0 atom stereocenters. The highest BCUT2D eigenvalue weighted by Gasteiger charge is 2.07. The fourth-order valence-electron chi connectivity index (χ4n) is 1.79. The molecule has 0 aliphatic rings. The van der Waals surface area contributed by atoms with Gasteiger partial charge in [-0.2, -0.15) is 0 Å². The van der Waals surface area contributed by atoms with Crippen LogP contribution in [0.3, 0.4) is 0 Å². The van der Waals surface area contributed by atoms with Crippen molar-refractivity contribution in [3.8, 4) is 11.1 Å². The van der Waals surface area contributed by atoms with Crippen molar-refractivity contribution in [1.29, 1.82) is 0 Å². The minimum Gasteiger partial charge on any atom is -0.346 e. The van der Waals surface area contributed by atoms with E-state index in [1.807, 2.05) is 12.3 Å². The highest BCUT2D eigenvalue weighted by Crippen LogP contribution is 2.28. The lowest BCUT2D eigenvalue weighted by Gasteiger charge is -1.98. The van der Waals surface area contributed by atoms with Gasteiger partial charge < -0.3 is 9.97 Å². The van der Waals surface area contributed by atoms with E-state index in [0.29, 0.717) is 0 Å². The fraction of sp³-hybridized carbons (Fsp3) is 0. The maximum absolute atomic E-state index is 11.0. The number of rotatable bonds is 1. The van der Waals surface area contributed by atoms with Crippen molar-refractivity contribution in [2.75, 3.05) is 0 Å². The minimum atomic E-state index is -0.104. The van der Waals surface area contributed by atoms with Crippen molar-refractivity contribution in [3.63, 3.8) is 0 Å². The van der Waals surface area contributed by atoms with E-state index < -0.39 is 0 Å². The van der Waals surface area contributed by atoms with E-state index in [-0.39, 0.29) is 5.56 Å². The number of nitrogens with zero attached hydrogens (tertiary/aromatic N) is 1. The van der Waals surface area contributed by atoms with Gasteiger partial charge in [-0.3, -0.25) is 4.79 Å². The molecule has 3 heterocycles. The minimum absolute atomic E-state index is 0.104. The molecule has 2 N–H and O–H groups in total. The van der Waals surface area contributed by atoms with E-state index in [2.05, 4.69) is 30.9 Å². The van der Waals surface area contributed by atoms with E-state index in [1.165, 1.54) is 6.07 Å². The number of halogens is 1. The second-order valence-electron chi connectivity index (χ2n) is 3.69. The first-order chi connectivity index (χ1) is 8.24. The molecule has 3 aromatic heterocycles. The Morgan fingerprint density at radius 2 is 2.06 bits per heavy atom. The lowest BCUT2D eigenvalue weighted by atomic mass is 10.1. The first kappa shape index (κ1) is 10.3. The van der Waals surface area contributed by atoms with Crippen molar-refractivity contribution in [2.24, 2.45) is 0 Å². The third-order valence-corrected chi connectivity index (χ3v) is 3.03. The standard InChI is InChI=1S/C12H8BrN3O/c13-8-3-9-10(6-16-12(9)15-5-8)7-1-2-11(17)14-4-7/h1-6H,(H,14,17)(H,15,16). The van der Waals surface area contributed by atoms with Crippen LogP contribution in [0.1, 0.15) is 0 Å². The van der Waals surface area contributed by atoms with Crippen LogP contribution >= 0.6 is 15.9 Å². The normalized spacial score (nSPS) is 10.9. The summed E-state index contributed by atoms with van der Waals surface area (Å²) in [7, 11) is 0. The largest absolute Gasteiger partial charge is 0.346 e. The van der Waals surface area contributed by atoms with Crippen LogP contribution in [0.15, 0.2) is 46.1 Å². The zero-order valence-corrected chi connectivity index (χ0v) is 10.3. The van der Waals surface area contributed by atoms with Crippen molar-refractivity contribution in [3.05, 3.63) is 51.6 Å². The number of aromatic nitrogens is 3. The summed E-state index contributed by atoms with van der Waals surface area (Å²) in [6.45, 7) is 0. The Morgan fingerprint density at radius 1 is 1.18 bits per heavy atom. The molecule has 3 aromatic rings. The molecule has 17 heavy (non-hydrogen) atoms. The van der Waals surface area contributed by atoms with Gasteiger partial charge in [-0.15, -0.1) is 0 Å². The Bertz CT molecular complexity index is 724. The monoisotopic (exact) mass is 289 g/mol. The molecule has 0 radical (unpaired) electrons. The number of H-pyrrole nitrogens is 2. The highest BCUT2D eigenvalue weighted by molar-refractivity contribution is 9.10. The molecule has 4 nitrogen and oxygen atoms in total. The Labute approximate surface area is 105 Å². The first-order valence-corrected chi connectivity index (χ1v) is 5.85. The van der Waals surface area contributed by atoms with Gasteiger partial charge in [0.25, 0.3) is 0 Å². The maximum atomic E-state index is 11.0. The quantitative estimate of drug-likeness (QED) is 0.723. The summed E-state index contributed by atoms with van der Waals surface area (Å²) < 4.78 is 0.926. The molecule has 3 rings (SSSR count). The topological polar surface area (TPSA) is 61.5 Å². The summed E-state index contributed by atoms with van der Waals surface area (Å²) in [4.78, 5) is 21.1. The van der Waals surface area contributed by atoms with E-state index in [4.69, 9.17) is 0 Å². The summed E-state index contributed by atoms with van der Waals surface area (Å²) >= 11 is 3.40. The molecular formula is C12H8BrN3O.